The van der Waals surface area contributed by atoms with Gasteiger partial charge in [0, 0.05) is 62.0 Å². The predicted octanol–water partition coefficient (Wildman–Crippen LogP) is 16.1. The van der Waals surface area contributed by atoms with Gasteiger partial charge in [0.1, 0.15) is 11.2 Å². The summed E-state index contributed by atoms with van der Waals surface area (Å²) < 4.78 is 6.91. The average Bonchev–Trinajstić information content (AvgIpc) is 3.89. The molecule has 8 aromatic carbocycles. The summed E-state index contributed by atoms with van der Waals surface area (Å²) in [4.78, 5) is 7.98. The van der Waals surface area contributed by atoms with E-state index < -0.39 is 0 Å². The smallest absolute Gasteiger partial charge is 0.252 e. The summed E-state index contributed by atoms with van der Waals surface area (Å²) in [5.74, 6) is 0. The molecule has 0 aliphatic carbocycles. The second kappa shape index (κ2) is 16.3. The molecule has 0 radical (unpaired) electrons. The third-order valence-corrected chi connectivity index (χ3v) is 17.9. The molecule has 9 aromatic rings. The van der Waals surface area contributed by atoms with Crippen molar-refractivity contribution >= 4 is 119 Å². The number of nitrogens with zero attached hydrogens (tertiary/aromatic N) is 3. The van der Waals surface area contributed by atoms with E-state index >= 15 is 0 Å². The Kier molecular flexibility index (Phi) is 10.6. The molecule has 0 bridgehead atoms. The van der Waals surface area contributed by atoms with Crippen LogP contribution < -0.4 is 47.5 Å². The SMILES string of the molecule is CC(C)(C)c1ccc(N2c3ccc(C(C)(C)C)cc3B3c4cc(C(C)(C)C)cc5c4N(c4cc(C(C)(C)C)cc2c43)c2cc(C(C)(C)C)cc3c2B5c2cc4oc5ccccc5c4cc2N3c2ccc(C(C)(C)C)cc2)cc1. The van der Waals surface area contributed by atoms with Crippen molar-refractivity contribution in [3.05, 3.63) is 173 Å². The highest BCUT2D eigenvalue weighted by Crippen LogP contribution is 2.52. The first-order valence-corrected chi connectivity index (χ1v) is 28.7. The van der Waals surface area contributed by atoms with Gasteiger partial charge >= 0.3 is 0 Å². The monoisotopic (exact) mass is 1020 g/mol. The molecule has 0 atom stereocenters. The number of hydrogen-bond donors (Lipinski definition) is 0. The third kappa shape index (κ3) is 7.62. The first-order valence-electron chi connectivity index (χ1n) is 28.7. The molecule has 6 heteroatoms. The number of para-hydroxylation sites is 1. The maximum absolute atomic E-state index is 6.91. The zero-order valence-corrected chi connectivity index (χ0v) is 49.7. The highest BCUT2D eigenvalue weighted by Gasteiger charge is 2.52. The Balaban J connectivity index is 1.20. The number of rotatable bonds is 2. The molecular formula is C72H77B2N3O. The maximum Gasteiger partial charge on any atom is 0.252 e. The molecule has 0 amide bonds. The molecule has 13 rings (SSSR count). The summed E-state index contributed by atoms with van der Waals surface area (Å²) in [5.41, 5.74) is 28.5. The van der Waals surface area contributed by atoms with E-state index in [1.807, 2.05) is 0 Å². The fourth-order valence-corrected chi connectivity index (χ4v) is 13.3. The van der Waals surface area contributed by atoms with Gasteiger partial charge in [0.25, 0.3) is 13.4 Å². The average molecular weight is 1020 g/mol. The van der Waals surface area contributed by atoms with E-state index in [-0.39, 0.29) is 45.9 Å². The van der Waals surface area contributed by atoms with Crippen LogP contribution in [-0.4, -0.2) is 13.4 Å². The molecule has 0 fully saturated rings. The van der Waals surface area contributed by atoms with Crippen LogP contribution in [0.3, 0.4) is 0 Å². The lowest BCUT2D eigenvalue weighted by Gasteiger charge is -2.51. The Labute approximate surface area is 466 Å². The van der Waals surface area contributed by atoms with Crippen LogP contribution >= 0.6 is 0 Å². The maximum atomic E-state index is 6.91. The zero-order chi connectivity index (χ0) is 55.3. The van der Waals surface area contributed by atoms with Crippen LogP contribution in [0.25, 0.3) is 21.9 Å². The molecule has 392 valence electrons. The van der Waals surface area contributed by atoms with Gasteiger partial charge in [-0.1, -0.05) is 191 Å². The van der Waals surface area contributed by atoms with Crippen LogP contribution in [0.5, 0.6) is 0 Å². The van der Waals surface area contributed by atoms with E-state index in [2.05, 4.69) is 279 Å². The van der Waals surface area contributed by atoms with E-state index in [9.17, 15) is 0 Å². The summed E-state index contributed by atoms with van der Waals surface area (Å²) in [6, 6.07) is 55.3. The summed E-state index contributed by atoms with van der Waals surface area (Å²) >= 11 is 0. The van der Waals surface area contributed by atoms with Crippen molar-refractivity contribution in [2.45, 2.75) is 157 Å². The summed E-state index contributed by atoms with van der Waals surface area (Å²) in [7, 11) is 0. The minimum absolute atomic E-state index is 0.00986. The van der Waals surface area contributed by atoms with Gasteiger partial charge in [-0.3, -0.25) is 0 Å². The molecule has 4 aliphatic rings. The number of fused-ring (bicyclic) bond motifs is 11. The number of hydrogen-bond acceptors (Lipinski definition) is 4. The quantitative estimate of drug-likeness (QED) is 0.161. The first-order chi connectivity index (χ1) is 36.5. The summed E-state index contributed by atoms with van der Waals surface area (Å²) in [6.07, 6.45) is 0. The van der Waals surface area contributed by atoms with Crippen LogP contribution in [0, 0.1) is 0 Å². The first kappa shape index (κ1) is 50.6. The van der Waals surface area contributed by atoms with Crippen molar-refractivity contribution in [2.24, 2.45) is 0 Å². The van der Waals surface area contributed by atoms with Gasteiger partial charge in [-0.25, -0.2) is 0 Å². The molecule has 4 aliphatic heterocycles. The van der Waals surface area contributed by atoms with E-state index in [4.69, 9.17) is 4.42 Å². The molecule has 5 heterocycles. The van der Waals surface area contributed by atoms with Gasteiger partial charge in [-0.05, 0) is 171 Å². The lowest BCUT2D eigenvalue weighted by atomic mass is 9.28. The van der Waals surface area contributed by atoms with Crippen LogP contribution in [0.1, 0.15) is 158 Å². The van der Waals surface area contributed by atoms with Crippen molar-refractivity contribution in [3.63, 3.8) is 0 Å². The molecule has 0 saturated heterocycles. The molecule has 0 saturated carbocycles. The van der Waals surface area contributed by atoms with Gasteiger partial charge in [-0.2, -0.15) is 0 Å². The fraction of sp³-hybridized carbons (Fsp3) is 0.333. The van der Waals surface area contributed by atoms with Crippen LogP contribution in [-0.2, 0) is 32.5 Å². The molecular weight excluding hydrogens is 944 g/mol. The fourth-order valence-electron chi connectivity index (χ4n) is 13.3. The van der Waals surface area contributed by atoms with Crippen LogP contribution in [0.15, 0.2) is 144 Å². The van der Waals surface area contributed by atoms with Crippen LogP contribution in [0.4, 0.5) is 51.2 Å². The highest BCUT2D eigenvalue weighted by molar-refractivity contribution is 7.04. The predicted molar refractivity (Wildman–Crippen MR) is 339 cm³/mol. The van der Waals surface area contributed by atoms with E-state index in [1.54, 1.807) is 0 Å². The number of benzene rings is 8. The van der Waals surface area contributed by atoms with Crippen molar-refractivity contribution in [2.75, 3.05) is 14.7 Å². The van der Waals surface area contributed by atoms with Crippen LogP contribution in [0.2, 0.25) is 0 Å². The van der Waals surface area contributed by atoms with Gasteiger partial charge in [0.05, 0.1) is 0 Å². The van der Waals surface area contributed by atoms with Gasteiger partial charge in [0.15, 0.2) is 0 Å². The highest BCUT2D eigenvalue weighted by atomic mass is 16.3. The van der Waals surface area contributed by atoms with E-state index in [1.165, 1.54) is 112 Å². The van der Waals surface area contributed by atoms with Crippen molar-refractivity contribution in [1.29, 1.82) is 0 Å². The zero-order valence-electron chi connectivity index (χ0n) is 49.7. The minimum Gasteiger partial charge on any atom is -0.456 e. The number of furan rings is 1. The summed E-state index contributed by atoms with van der Waals surface area (Å²) in [6.45, 7) is 42.4. The Bertz CT molecular complexity index is 3990. The Morgan fingerprint density at radius 1 is 0.295 bits per heavy atom. The van der Waals surface area contributed by atoms with E-state index in [0.717, 1.165) is 27.6 Å². The molecule has 0 N–H and O–H groups in total. The minimum atomic E-state index is -0.170. The second-order valence-electron chi connectivity index (χ2n) is 29.6. The Morgan fingerprint density at radius 2 is 0.679 bits per heavy atom. The van der Waals surface area contributed by atoms with Crippen molar-refractivity contribution < 1.29 is 4.42 Å². The standard InChI is InChI=1S/C72H77B2N3O/c1-67(2,3)42-23-28-48(29-24-42)75-56-32-27-44(69(7,8)9)33-52(56)73-54-34-45(70(10,11)12)35-55-66(54)77(60-38-46(71(13,14)15)36-58(75)64(60)73)61-39-47(72(16,17)18)37-59-65(61)74(55)53-41-63-51(50-21-19-20-22-62(50)78-63)40-57(53)76(59)49-30-25-43(26-31-49)68(4,5)6/h19-41H,1-18H3. The van der Waals surface area contributed by atoms with E-state index in [0.29, 0.717) is 0 Å². The van der Waals surface area contributed by atoms with Gasteiger partial charge < -0.3 is 19.1 Å². The van der Waals surface area contributed by atoms with Gasteiger partial charge in [0.2, 0.25) is 0 Å². The normalized spacial score (nSPS) is 14.9. The van der Waals surface area contributed by atoms with Gasteiger partial charge in [-0.15, -0.1) is 0 Å². The van der Waals surface area contributed by atoms with Crippen molar-refractivity contribution in [1.82, 2.24) is 0 Å². The Hall–Kier alpha value is -6.91. The molecule has 78 heavy (non-hydrogen) atoms. The third-order valence-electron chi connectivity index (χ3n) is 17.9. The topological polar surface area (TPSA) is 22.9 Å². The molecule has 0 spiro atoms. The molecule has 0 unspecified atom stereocenters. The molecule has 4 nitrogen and oxygen atoms in total. The lowest BCUT2D eigenvalue weighted by molar-refractivity contribution is 0.589. The molecule has 1 aromatic heterocycles. The lowest BCUT2D eigenvalue weighted by Crippen LogP contribution is -2.68. The number of anilines is 9. The summed E-state index contributed by atoms with van der Waals surface area (Å²) in [5, 5.41) is 2.28. The second-order valence-corrected chi connectivity index (χ2v) is 29.6. The van der Waals surface area contributed by atoms with Crippen molar-refractivity contribution in [3.8, 4) is 0 Å². The largest absolute Gasteiger partial charge is 0.456 e. The Morgan fingerprint density at radius 3 is 1.14 bits per heavy atom.